The van der Waals surface area contributed by atoms with E-state index in [-0.39, 0.29) is 5.91 Å². The Bertz CT molecular complexity index is 1040. The summed E-state index contributed by atoms with van der Waals surface area (Å²) in [6.07, 6.45) is 0.401. The van der Waals surface area contributed by atoms with Crippen molar-refractivity contribution in [1.82, 2.24) is 9.88 Å². The Balaban J connectivity index is 1.93. The summed E-state index contributed by atoms with van der Waals surface area (Å²) >= 11 is 1.63. The number of benzene rings is 2. The molecule has 5 heteroatoms. The summed E-state index contributed by atoms with van der Waals surface area (Å²) in [7, 11) is 0. The number of amides is 1. The number of aromatic nitrogens is 1. The van der Waals surface area contributed by atoms with E-state index in [1.54, 1.807) is 11.3 Å². The smallest absolute Gasteiger partial charge is 0.233 e. The Morgan fingerprint density at radius 3 is 2.30 bits per heavy atom. The number of anilines is 1. The fraction of sp³-hybridized carbons (Fsp3) is 0.440. The molecule has 30 heavy (non-hydrogen) atoms. The number of carbonyl (C=O) groups excluding carboxylic acids is 1. The van der Waals surface area contributed by atoms with Crippen LogP contribution in [-0.2, 0) is 11.2 Å². The molecule has 3 rings (SSSR count). The second kappa shape index (κ2) is 9.71. The maximum Gasteiger partial charge on any atom is 0.233 e. The Morgan fingerprint density at radius 2 is 1.63 bits per heavy atom. The normalized spacial score (nSPS) is 11.4. The van der Waals surface area contributed by atoms with E-state index in [1.165, 1.54) is 27.0 Å². The molecule has 1 aromatic heterocycles. The number of thiazole rings is 1. The van der Waals surface area contributed by atoms with Crippen LogP contribution in [0.2, 0.25) is 0 Å². The average molecular weight is 424 g/mol. The van der Waals surface area contributed by atoms with Crippen molar-refractivity contribution in [2.24, 2.45) is 0 Å². The van der Waals surface area contributed by atoms with Crippen molar-refractivity contribution in [3.05, 3.63) is 58.1 Å². The number of rotatable bonds is 8. The van der Waals surface area contributed by atoms with Gasteiger partial charge in [0.15, 0.2) is 5.13 Å². The molecule has 0 bridgehead atoms. The van der Waals surface area contributed by atoms with Crippen molar-refractivity contribution in [2.45, 2.75) is 48.0 Å². The van der Waals surface area contributed by atoms with Gasteiger partial charge in [0, 0.05) is 13.1 Å². The molecule has 0 atom stereocenters. The first-order chi connectivity index (χ1) is 14.3. The van der Waals surface area contributed by atoms with Crippen LogP contribution >= 0.6 is 11.3 Å². The highest BCUT2D eigenvalue weighted by Crippen LogP contribution is 2.32. The van der Waals surface area contributed by atoms with Crippen molar-refractivity contribution in [2.75, 3.05) is 31.1 Å². The monoisotopic (exact) mass is 423 g/mol. The standard InChI is InChI=1S/C25H33N3OS/c1-7-27(8-2)11-12-28(23(29)16-21-10-9-17(3)13-19(21)5)25-26-22-15-18(4)14-20(6)24(22)30-25/h9-10,13-15H,7-8,11-12,16H2,1-6H3. The summed E-state index contributed by atoms with van der Waals surface area (Å²) in [5, 5.41) is 0.806. The third kappa shape index (κ3) is 5.08. The van der Waals surface area contributed by atoms with E-state index in [1.807, 2.05) is 4.90 Å². The molecule has 1 heterocycles. The van der Waals surface area contributed by atoms with Crippen LogP contribution in [0.3, 0.4) is 0 Å². The predicted octanol–water partition coefficient (Wildman–Crippen LogP) is 5.45. The van der Waals surface area contributed by atoms with Crippen molar-refractivity contribution < 1.29 is 4.79 Å². The predicted molar refractivity (Wildman–Crippen MR) is 129 cm³/mol. The Hall–Kier alpha value is -2.24. The van der Waals surface area contributed by atoms with Gasteiger partial charge < -0.3 is 4.90 Å². The van der Waals surface area contributed by atoms with Crippen LogP contribution in [0.4, 0.5) is 5.13 Å². The van der Waals surface area contributed by atoms with Crippen LogP contribution < -0.4 is 4.90 Å². The second-order valence-electron chi connectivity index (χ2n) is 8.11. The highest BCUT2D eigenvalue weighted by atomic mass is 32.1. The highest BCUT2D eigenvalue weighted by Gasteiger charge is 2.22. The van der Waals surface area contributed by atoms with E-state index >= 15 is 0 Å². The number of likely N-dealkylation sites (N-methyl/N-ethyl adjacent to an activating group) is 1. The van der Waals surface area contributed by atoms with Crippen LogP contribution in [0.1, 0.15) is 41.7 Å². The molecule has 0 saturated heterocycles. The average Bonchev–Trinajstić information content (AvgIpc) is 3.11. The summed E-state index contributed by atoms with van der Waals surface area (Å²) in [5.41, 5.74) is 6.89. The van der Waals surface area contributed by atoms with Crippen molar-refractivity contribution in [3.63, 3.8) is 0 Å². The minimum atomic E-state index is 0.113. The van der Waals surface area contributed by atoms with Gasteiger partial charge in [-0.15, -0.1) is 0 Å². The summed E-state index contributed by atoms with van der Waals surface area (Å²) in [6, 6.07) is 10.6. The molecule has 0 aliphatic rings. The van der Waals surface area contributed by atoms with Crippen LogP contribution in [0, 0.1) is 27.7 Å². The van der Waals surface area contributed by atoms with E-state index < -0.39 is 0 Å². The molecule has 0 saturated carbocycles. The van der Waals surface area contributed by atoms with Gasteiger partial charge >= 0.3 is 0 Å². The highest BCUT2D eigenvalue weighted by molar-refractivity contribution is 7.22. The zero-order valence-corrected chi connectivity index (χ0v) is 19.9. The number of hydrogen-bond donors (Lipinski definition) is 0. The Labute approximate surface area is 184 Å². The van der Waals surface area contributed by atoms with Gasteiger partial charge in [-0.1, -0.05) is 55.0 Å². The fourth-order valence-corrected chi connectivity index (χ4v) is 4.95. The van der Waals surface area contributed by atoms with E-state index in [0.29, 0.717) is 13.0 Å². The molecule has 0 aliphatic heterocycles. The van der Waals surface area contributed by atoms with Gasteiger partial charge in [-0.05, 0) is 69.1 Å². The lowest BCUT2D eigenvalue weighted by Crippen LogP contribution is -2.39. The Morgan fingerprint density at radius 1 is 0.933 bits per heavy atom. The lowest BCUT2D eigenvalue weighted by atomic mass is 10.0. The summed E-state index contributed by atoms with van der Waals surface area (Å²) < 4.78 is 1.17. The molecular formula is C25H33N3OS. The molecule has 0 fully saturated rings. The zero-order valence-electron chi connectivity index (χ0n) is 19.1. The second-order valence-corrected chi connectivity index (χ2v) is 9.08. The van der Waals surface area contributed by atoms with E-state index in [2.05, 4.69) is 76.8 Å². The largest absolute Gasteiger partial charge is 0.302 e. The lowest BCUT2D eigenvalue weighted by molar-refractivity contribution is -0.118. The fourth-order valence-electron chi connectivity index (χ4n) is 3.89. The SMILES string of the molecule is CCN(CC)CCN(C(=O)Cc1ccc(C)cc1C)c1nc2cc(C)cc(C)c2s1. The first kappa shape index (κ1) is 22.4. The minimum Gasteiger partial charge on any atom is -0.302 e. The van der Waals surface area contributed by atoms with Crippen LogP contribution in [0.15, 0.2) is 30.3 Å². The third-order valence-electron chi connectivity index (χ3n) is 5.71. The Kier molecular flexibility index (Phi) is 7.27. The number of hydrogen-bond acceptors (Lipinski definition) is 4. The number of aryl methyl sites for hydroxylation is 4. The van der Waals surface area contributed by atoms with Gasteiger partial charge in [0.25, 0.3) is 0 Å². The van der Waals surface area contributed by atoms with Crippen molar-refractivity contribution in [3.8, 4) is 0 Å². The quantitative estimate of drug-likeness (QED) is 0.483. The third-order valence-corrected chi connectivity index (χ3v) is 6.94. The molecule has 0 radical (unpaired) electrons. The first-order valence-electron chi connectivity index (χ1n) is 10.8. The topological polar surface area (TPSA) is 36.4 Å². The van der Waals surface area contributed by atoms with Gasteiger partial charge in [-0.3, -0.25) is 9.69 Å². The number of fused-ring (bicyclic) bond motifs is 1. The van der Waals surface area contributed by atoms with Crippen LogP contribution in [0.25, 0.3) is 10.2 Å². The van der Waals surface area contributed by atoms with Gasteiger partial charge in [0.2, 0.25) is 5.91 Å². The molecule has 4 nitrogen and oxygen atoms in total. The minimum absolute atomic E-state index is 0.113. The zero-order chi connectivity index (χ0) is 21.8. The maximum atomic E-state index is 13.4. The molecule has 0 unspecified atom stereocenters. The van der Waals surface area contributed by atoms with E-state index in [9.17, 15) is 4.79 Å². The molecule has 1 amide bonds. The summed E-state index contributed by atoms with van der Waals surface area (Å²) in [6.45, 7) is 16.2. The van der Waals surface area contributed by atoms with Crippen molar-refractivity contribution in [1.29, 1.82) is 0 Å². The van der Waals surface area contributed by atoms with Crippen LogP contribution in [-0.4, -0.2) is 42.0 Å². The van der Waals surface area contributed by atoms with E-state index in [0.717, 1.165) is 35.8 Å². The first-order valence-corrected chi connectivity index (χ1v) is 11.6. The van der Waals surface area contributed by atoms with Gasteiger partial charge in [0.05, 0.1) is 16.6 Å². The summed E-state index contributed by atoms with van der Waals surface area (Å²) in [5.74, 6) is 0.113. The van der Waals surface area contributed by atoms with Crippen molar-refractivity contribution >= 4 is 32.6 Å². The van der Waals surface area contributed by atoms with Gasteiger partial charge in [0.1, 0.15) is 0 Å². The molecule has 2 aromatic carbocycles. The molecular weight excluding hydrogens is 390 g/mol. The van der Waals surface area contributed by atoms with Crippen LogP contribution in [0.5, 0.6) is 0 Å². The number of nitrogens with zero attached hydrogens (tertiary/aromatic N) is 3. The molecule has 0 aliphatic carbocycles. The van der Waals surface area contributed by atoms with Gasteiger partial charge in [-0.25, -0.2) is 4.98 Å². The number of carbonyl (C=O) groups is 1. The summed E-state index contributed by atoms with van der Waals surface area (Å²) in [4.78, 5) is 22.6. The molecule has 0 N–H and O–H groups in total. The molecule has 3 aromatic rings. The van der Waals surface area contributed by atoms with Gasteiger partial charge in [-0.2, -0.15) is 0 Å². The maximum absolute atomic E-state index is 13.4. The molecule has 160 valence electrons. The lowest BCUT2D eigenvalue weighted by Gasteiger charge is -2.25. The molecule has 0 spiro atoms. The van der Waals surface area contributed by atoms with E-state index in [4.69, 9.17) is 4.98 Å².